The van der Waals surface area contributed by atoms with Gasteiger partial charge in [-0.1, -0.05) is 6.08 Å². The lowest BCUT2D eigenvalue weighted by molar-refractivity contribution is -0.137. The van der Waals surface area contributed by atoms with Gasteiger partial charge in [0.1, 0.15) is 5.60 Å². The van der Waals surface area contributed by atoms with Crippen molar-refractivity contribution in [3.8, 4) is 0 Å². The summed E-state index contributed by atoms with van der Waals surface area (Å²) in [6.45, 7) is 7.91. The molecule has 1 aliphatic heterocycles. The molecule has 7 nitrogen and oxygen atoms in total. The van der Waals surface area contributed by atoms with Gasteiger partial charge in [-0.3, -0.25) is 4.79 Å². The molecule has 23 heavy (non-hydrogen) atoms. The molecule has 0 aromatic rings. The predicted octanol–water partition coefficient (Wildman–Crippen LogP) is 1.53. The summed E-state index contributed by atoms with van der Waals surface area (Å²) in [6, 6.07) is -0.483. The SMILES string of the molecule is CCOC(=O)C=CC(CC1CCNC1=O)NC(=O)OC(C)(C)C. The summed E-state index contributed by atoms with van der Waals surface area (Å²) in [5.41, 5.74) is -0.621. The minimum atomic E-state index is -0.621. The third kappa shape index (κ3) is 7.67. The van der Waals surface area contributed by atoms with E-state index in [-0.39, 0.29) is 18.4 Å². The zero-order chi connectivity index (χ0) is 17.5. The smallest absolute Gasteiger partial charge is 0.408 e. The molecule has 1 rings (SSSR count). The first-order valence-electron chi connectivity index (χ1n) is 7.83. The Bertz CT molecular complexity index is 468. The molecule has 1 fully saturated rings. The fourth-order valence-corrected chi connectivity index (χ4v) is 2.21. The summed E-state index contributed by atoms with van der Waals surface area (Å²) in [6.07, 6.45) is 3.32. The highest BCUT2D eigenvalue weighted by Gasteiger charge is 2.28. The number of carbonyl (C=O) groups excluding carboxylic acids is 3. The average molecular weight is 326 g/mol. The summed E-state index contributed by atoms with van der Waals surface area (Å²) >= 11 is 0. The maximum Gasteiger partial charge on any atom is 0.408 e. The van der Waals surface area contributed by atoms with E-state index in [0.29, 0.717) is 19.4 Å². The molecule has 0 aromatic carbocycles. The van der Waals surface area contributed by atoms with E-state index in [1.54, 1.807) is 27.7 Å². The third-order valence-corrected chi connectivity index (χ3v) is 3.15. The quantitative estimate of drug-likeness (QED) is 0.570. The topological polar surface area (TPSA) is 93.7 Å². The third-order valence-electron chi connectivity index (χ3n) is 3.15. The molecule has 0 radical (unpaired) electrons. The molecule has 7 heteroatoms. The summed E-state index contributed by atoms with van der Waals surface area (Å²) in [5.74, 6) is -0.716. The normalized spacial score (nSPS) is 19.3. The lowest BCUT2D eigenvalue weighted by atomic mass is 9.98. The maximum atomic E-state index is 11.9. The Hall–Kier alpha value is -2.05. The second kappa shape index (κ2) is 8.55. The fraction of sp³-hybridized carbons (Fsp3) is 0.688. The number of alkyl carbamates (subject to hydrolysis) is 1. The molecular weight excluding hydrogens is 300 g/mol. The van der Waals surface area contributed by atoms with Crippen molar-refractivity contribution in [2.45, 2.75) is 52.2 Å². The Morgan fingerprint density at radius 2 is 2.13 bits per heavy atom. The van der Waals surface area contributed by atoms with Crippen LogP contribution in [-0.4, -0.2) is 42.8 Å². The van der Waals surface area contributed by atoms with Gasteiger partial charge in [-0.15, -0.1) is 0 Å². The summed E-state index contributed by atoms with van der Waals surface area (Å²) in [4.78, 5) is 35.0. The van der Waals surface area contributed by atoms with Crippen molar-refractivity contribution in [2.24, 2.45) is 5.92 Å². The van der Waals surface area contributed by atoms with E-state index in [2.05, 4.69) is 10.6 Å². The first kappa shape index (κ1) is 19.0. The summed E-state index contributed by atoms with van der Waals surface area (Å²) < 4.78 is 10.0. The van der Waals surface area contributed by atoms with E-state index in [4.69, 9.17) is 9.47 Å². The van der Waals surface area contributed by atoms with Gasteiger partial charge in [0.15, 0.2) is 0 Å². The molecule has 2 unspecified atom stereocenters. The average Bonchev–Trinajstić information content (AvgIpc) is 2.79. The number of esters is 1. The molecule has 1 heterocycles. The van der Waals surface area contributed by atoms with Crippen molar-refractivity contribution in [3.63, 3.8) is 0 Å². The van der Waals surface area contributed by atoms with Crippen LogP contribution in [-0.2, 0) is 19.1 Å². The van der Waals surface area contributed by atoms with Crippen LogP contribution in [0.3, 0.4) is 0 Å². The highest BCUT2D eigenvalue weighted by molar-refractivity contribution is 5.82. The molecule has 0 saturated carbocycles. The van der Waals surface area contributed by atoms with Gasteiger partial charge in [-0.05, 0) is 40.5 Å². The van der Waals surface area contributed by atoms with Gasteiger partial charge in [0, 0.05) is 18.5 Å². The Morgan fingerprint density at radius 3 is 2.65 bits per heavy atom. The second-order valence-electron chi connectivity index (χ2n) is 6.38. The summed E-state index contributed by atoms with van der Waals surface area (Å²) in [7, 11) is 0. The van der Waals surface area contributed by atoms with E-state index in [0.717, 1.165) is 0 Å². The maximum absolute atomic E-state index is 11.9. The van der Waals surface area contributed by atoms with Crippen LogP contribution in [0.25, 0.3) is 0 Å². The minimum absolute atomic E-state index is 0.0366. The van der Waals surface area contributed by atoms with Gasteiger partial charge in [0.2, 0.25) is 5.91 Å². The molecule has 0 spiro atoms. The van der Waals surface area contributed by atoms with Gasteiger partial charge >= 0.3 is 12.1 Å². The minimum Gasteiger partial charge on any atom is -0.463 e. The lowest BCUT2D eigenvalue weighted by Gasteiger charge is -2.23. The van der Waals surface area contributed by atoms with E-state index >= 15 is 0 Å². The molecule has 0 bridgehead atoms. The highest BCUT2D eigenvalue weighted by atomic mass is 16.6. The molecule has 2 atom stereocenters. The second-order valence-corrected chi connectivity index (χ2v) is 6.38. The van der Waals surface area contributed by atoms with Crippen LogP contribution < -0.4 is 10.6 Å². The number of hydrogen-bond donors (Lipinski definition) is 2. The number of hydrogen-bond acceptors (Lipinski definition) is 5. The molecule has 1 saturated heterocycles. The molecule has 2 N–H and O–H groups in total. The number of rotatable bonds is 6. The van der Waals surface area contributed by atoms with Gasteiger partial charge in [0.05, 0.1) is 12.6 Å². The predicted molar refractivity (Wildman–Crippen MR) is 84.7 cm³/mol. The van der Waals surface area contributed by atoms with E-state index in [1.807, 2.05) is 0 Å². The largest absolute Gasteiger partial charge is 0.463 e. The van der Waals surface area contributed by atoms with Crippen molar-refractivity contribution in [1.29, 1.82) is 0 Å². The van der Waals surface area contributed by atoms with Crippen molar-refractivity contribution >= 4 is 18.0 Å². The molecule has 0 aliphatic carbocycles. The van der Waals surface area contributed by atoms with Crippen LogP contribution in [0.4, 0.5) is 4.79 Å². The Balaban J connectivity index is 2.69. The standard InChI is InChI=1S/C16H26N2O5/c1-5-22-13(19)7-6-12(10-11-8-9-17-14(11)20)18-15(21)23-16(2,3)4/h6-7,11-12H,5,8-10H2,1-4H3,(H,17,20)(H,18,21). The number of nitrogens with one attached hydrogen (secondary N) is 2. The lowest BCUT2D eigenvalue weighted by Crippen LogP contribution is -2.40. The van der Waals surface area contributed by atoms with E-state index < -0.39 is 23.7 Å². The fourth-order valence-electron chi connectivity index (χ4n) is 2.21. The van der Waals surface area contributed by atoms with Crippen LogP contribution in [0.1, 0.15) is 40.5 Å². The summed E-state index contributed by atoms with van der Waals surface area (Å²) in [5, 5.41) is 5.44. The number of ether oxygens (including phenoxy) is 2. The molecule has 0 aromatic heterocycles. The van der Waals surface area contributed by atoms with Crippen LogP contribution in [0.2, 0.25) is 0 Å². The Labute approximate surface area is 136 Å². The van der Waals surface area contributed by atoms with Crippen molar-refractivity contribution < 1.29 is 23.9 Å². The molecule has 1 aliphatic rings. The van der Waals surface area contributed by atoms with Crippen LogP contribution in [0.15, 0.2) is 12.2 Å². The van der Waals surface area contributed by atoms with Gasteiger partial charge < -0.3 is 20.1 Å². The first-order chi connectivity index (χ1) is 10.7. The highest BCUT2D eigenvalue weighted by Crippen LogP contribution is 2.17. The van der Waals surface area contributed by atoms with Crippen LogP contribution in [0, 0.1) is 5.92 Å². The van der Waals surface area contributed by atoms with Crippen LogP contribution in [0.5, 0.6) is 0 Å². The van der Waals surface area contributed by atoms with Crippen molar-refractivity contribution in [3.05, 3.63) is 12.2 Å². The van der Waals surface area contributed by atoms with Crippen LogP contribution >= 0.6 is 0 Å². The number of carbonyl (C=O) groups is 3. The van der Waals surface area contributed by atoms with Gasteiger partial charge in [0.25, 0.3) is 0 Å². The monoisotopic (exact) mass is 326 g/mol. The first-order valence-corrected chi connectivity index (χ1v) is 7.83. The van der Waals surface area contributed by atoms with E-state index in [1.165, 1.54) is 12.2 Å². The molecule has 130 valence electrons. The van der Waals surface area contributed by atoms with Gasteiger partial charge in [-0.25, -0.2) is 9.59 Å². The van der Waals surface area contributed by atoms with Gasteiger partial charge in [-0.2, -0.15) is 0 Å². The molecule has 2 amide bonds. The van der Waals surface area contributed by atoms with Crippen molar-refractivity contribution in [1.82, 2.24) is 10.6 Å². The Kier molecular flexibility index (Phi) is 7.06. The zero-order valence-electron chi connectivity index (χ0n) is 14.2. The molecular formula is C16H26N2O5. The van der Waals surface area contributed by atoms with E-state index in [9.17, 15) is 14.4 Å². The zero-order valence-corrected chi connectivity index (χ0v) is 14.2. The van der Waals surface area contributed by atoms with Crippen molar-refractivity contribution in [2.75, 3.05) is 13.2 Å². The Morgan fingerprint density at radius 1 is 1.43 bits per heavy atom. The number of amides is 2.